The molecule has 2 amide bonds. The van der Waals surface area contributed by atoms with Gasteiger partial charge in [-0.3, -0.25) is 14.1 Å². The minimum atomic E-state index is -4.18. The third kappa shape index (κ3) is 8.22. The molecule has 6 rings (SSSR count). The number of carbonyl (C=O) groups excluding carboxylic acids is 2. The van der Waals surface area contributed by atoms with E-state index in [9.17, 15) is 18.0 Å². The Morgan fingerprint density at radius 3 is 2.04 bits per heavy atom. The van der Waals surface area contributed by atoms with Crippen molar-refractivity contribution in [2.45, 2.75) is 33.1 Å². The van der Waals surface area contributed by atoms with E-state index in [1.54, 1.807) is 24.3 Å². The van der Waals surface area contributed by atoms with Crippen LogP contribution in [0.25, 0.3) is 22.3 Å². The molecule has 10 heteroatoms. The van der Waals surface area contributed by atoms with Crippen LogP contribution in [0.1, 0.15) is 44.1 Å². The number of hydrogen-bond acceptors (Lipinski definition) is 6. The van der Waals surface area contributed by atoms with Crippen molar-refractivity contribution in [3.8, 4) is 33.8 Å². The number of hydrogen-bond donors (Lipinski definition) is 3. The van der Waals surface area contributed by atoms with Crippen LogP contribution in [0.2, 0.25) is 0 Å². The van der Waals surface area contributed by atoms with Crippen molar-refractivity contribution in [1.29, 1.82) is 0 Å². The van der Waals surface area contributed by atoms with Crippen LogP contribution in [0, 0.1) is 20.8 Å². The van der Waals surface area contributed by atoms with Crippen LogP contribution in [-0.2, 0) is 21.3 Å². The quantitative estimate of drug-likeness (QED) is 0.124. The molecule has 5 aromatic carbocycles. The molecule has 1 atom stereocenters. The normalized spacial score (nSPS) is 12.7. The number of rotatable bonds is 11. The summed E-state index contributed by atoms with van der Waals surface area (Å²) in [6.45, 7) is 6.29. The molecule has 0 unspecified atom stereocenters. The van der Waals surface area contributed by atoms with Gasteiger partial charge in [0.2, 0.25) is 12.7 Å². The average molecular weight is 691 g/mol. The summed E-state index contributed by atoms with van der Waals surface area (Å²) in [6.07, 6.45) is 0.361. The lowest BCUT2D eigenvalue weighted by Gasteiger charge is -2.19. The molecule has 0 fully saturated rings. The maximum absolute atomic E-state index is 14.0. The largest absolute Gasteiger partial charge is 0.454 e. The van der Waals surface area contributed by atoms with Gasteiger partial charge in [-0.25, -0.2) is 0 Å². The summed E-state index contributed by atoms with van der Waals surface area (Å²) >= 11 is 0. The van der Waals surface area contributed by atoms with Crippen LogP contribution in [0.3, 0.4) is 0 Å². The van der Waals surface area contributed by atoms with Gasteiger partial charge in [0.05, 0.1) is 11.7 Å². The van der Waals surface area contributed by atoms with E-state index in [-0.39, 0.29) is 19.2 Å². The van der Waals surface area contributed by atoms with Crippen LogP contribution in [0.15, 0.2) is 103 Å². The molecule has 9 nitrogen and oxygen atoms in total. The van der Waals surface area contributed by atoms with Crippen molar-refractivity contribution in [3.63, 3.8) is 0 Å². The fourth-order valence-corrected chi connectivity index (χ4v) is 6.71. The van der Waals surface area contributed by atoms with Gasteiger partial charge in [0, 0.05) is 17.8 Å². The van der Waals surface area contributed by atoms with Crippen LogP contribution >= 0.6 is 0 Å². The van der Waals surface area contributed by atoms with Gasteiger partial charge in [0.1, 0.15) is 0 Å². The highest BCUT2D eigenvalue weighted by molar-refractivity contribution is 7.85. The Labute approximate surface area is 292 Å². The molecule has 0 saturated heterocycles. The molecule has 3 N–H and O–H groups in total. The van der Waals surface area contributed by atoms with Gasteiger partial charge in [-0.15, -0.1) is 0 Å². The highest BCUT2D eigenvalue weighted by atomic mass is 32.2. The van der Waals surface area contributed by atoms with Gasteiger partial charge in [-0.2, -0.15) is 8.42 Å². The first kappa shape index (κ1) is 34.4. The molecule has 1 aliphatic heterocycles. The van der Waals surface area contributed by atoms with Crippen molar-refractivity contribution in [2.24, 2.45) is 0 Å². The Kier molecular flexibility index (Phi) is 10.0. The zero-order valence-electron chi connectivity index (χ0n) is 28.0. The lowest BCUT2D eigenvalue weighted by atomic mass is 9.89. The van der Waals surface area contributed by atoms with E-state index in [0.717, 1.165) is 27.8 Å². The maximum atomic E-state index is 14.0. The lowest BCUT2D eigenvalue weighted by Crippen LogP contribution is -2.28. The number of amides is 2. The molecule has 5 aromatic rings. The summed E-state index contributed by atoms with van der Waals surface area (Å²) in [6, 6.07) is 32.7. The number of ether oxygens (including phenoxy) is 2. The number of carbonyl (C=O) groups is 2. The number of anilines is 1. The molecule has 0 saturated carbocycles. The third-order valence-electron chi connectivity index (χ3n) is 8.76. The smallest absolute Gasteiger partial charge is 0.266 e. The first-order valence-corrected chi connectivity index (χ1v) is 17.9. The van der Waals surface area contributed by atoms with Crippen molar-refractivity contribution in [3.05, 3.63) is 137 Å². The van der Waals surface area contributed by atoms with Gasteiger partial charge in [-0.1, -0.05) is 72.3 Å². The van der Waals surface area contributed by atoms with E-state index in [2.05, 4.69) is 43.5 Å². The Morgan fingerprint density at radius 2 is 1.38 bits per heavy atom. The van der Waals surface area contributed by atoms with Crippen molar-refractivity contribution in [2.75, 3.05) is 24.4 Å². The standard InChI is InChI=1S/C40H38N2O7S/c1-25-20-26(2)38(27(3)21-25)31-12-15-34(16-13-31)42-40(44)35(22-28-4-6-32(7-5-28)39(43)41-18-19-50(45,46)47)30-10-8-29(9-11-30)33-14-17-36-37(23-33)49-24-48-36/h4-17,20-21,23,35H,18-19,22,24H2,1-3H3,(H,41,43)(H,42,44)(H,45,46,47)/t35-/m1/s1. The zero-order chi connectivity index (χ0) is 35.4. The Balaban J connectivity index is 1.23. The summed E-state index contributed by atoms with van der Waals surface area (Å²) in [5.74, 6) is -0.374. The molecule has 0 aliphatic carbocycles. The minimum Gasteiger partial charge on any atom is -0.454 e. The maximum Gasteiger partial charge on any atom is 0.266 e. The summed E-state index contributed by atoms with van der Waals surface area (Å²) in [7, 11) is -4.18. The van der Waals surface area contributed by atoms with Crippen LogP contribution in [-0.4, -0.2) is 43.9 Å². The van der Waals surface area contributed by atoms with Crippen LogP contribution in [0.4, 0.5) is 5.69 Å². The van der Waals surface area contributed by atoms with Crippen molar-refractivity contribution >= 4 is 27.6 Å². The number of aryl methyl sites for hydroxylation is 3. The summed E-state index contributed by atoms with van der Waals surface area (Å²) in [5.41, 5.74) is 10.5. The summed E-state index contributed by atoms with van der Waals surface area (Å²) < 4.78 is 41.9. The molecular weight excluding hydrogens is 653 g/mol. The second kappa shape index (κ2) is 14.6. The van der Waals surface area contributed by atoms with Gasteiger partial charge >= 0.3 is 0 Å². The van der Waals surface area contributed by atoms with Crippen LogP contribution in [0.5, 0.6) is 11.5 Å². The monoisotopic (exact) mass is 690 g/mol. The average Bonchev–Trinajstić information content (AvgIpc) is 3.55. The second-order valence-corrected chi connectivity index (χ2v) is 14.1. The highest BCUT2D eigenvalue weighted by Gasteiger charge is 2.23. The Morgan fingerprint density at radius 1 is 0.760 bits per heavy atom. The molecule has 0 spiro atoms. The summed E-state index contributed by atoms with van der Waals surface area (Å²) in [5, 5.41) is 5.60. The molecule has 256 valence electrons. The lowest BCUT2D eigenvalue weighted by molar-refractivity contribution is -0.117. The fraction of sp³-hybridized carbons (Fsp3) is 0.200. The van der Waals surface area contributed by atoms with E-state index < -0.39 is 27.7 Å². The highest BCUT2D eigenvalue weighted by Crippen LogP contribution is 2.36. The number of benzene rings is 5. The molecule has 0 aromatic heterocycles. The van der Waals surface area contributed by atoms with Crippen molar-refractivity contribution in [1.82, 2.24) is 5.32 Å². The van der Waals surface area contributed by atoms with Gasteiger partial charge in [0.25, 0.3) is 16.0 Å². The van der Waals surface area contributed by atoms with Crippen molar-refractivity contribution < 1.29 is 32.0 Å². The topological polar surface area (TPSA) is 131 Å². The van der Waals surface area contributed by atoms with Gasteiger partial charge < -0.3 is 20.1 Å². The number of fused-ring (bicyclic) bond motifs is 1. The first-order chi connectivity index (χ1) is 23.9. The van der Waals surface area contributed by atoms with E-state index in [1.807, 2.05) is 66.7 Å². The Hall–Kier alpha value is -5.45. The van der Waals surface area contributed by atoms with E-state index in [1.165, 1.54) is 22.3 Å². The number of nitrogens with one attached hydrogen (secondary N) is 2. The minimum absolute atomic E-state index is 0.177. The first-order valence-electron chi connectivity index (χ1n) is 16.2. The second-order valence-electron chi connectivity index (χ2n) is 12.5. The third-order valence-corrected chi connectivity index (χ3v) is 9.48. The van der Waals surface area contributed by atoms with E-state index in [4.69, 9.17) is 14.0 Å². The van der Waals surface area contributed by atoms with Gasteiger partial charge in [-0.05, 0) is 108 Å². The van der Waals surface area contributed by atoms with E-state index >= 15 is 0 Å². The molecule has 0 bridgehead atoms. The summed E-state index contributed by atoms with van der Waals surface area (Å²) in [4.78, 5) is 26.5. The SMILES string of the molecule is Cc1cc(C)c(-c2ccc(NC(=O)[C@H](Cc3ccc(C(=O)NCCS(=O)(=O)O)cc3)c3ccc(-c4ccc5c(c4)OCO5)cc3)cc2)c(C)c1. The fourth-order valence-electron chi connectivity index (χ4n) is 6.35. The van der Waals surface area contributed by atoms with E-state index in [0.29, 0.717) is 29.2 Å². The molecule has 1 aliphatic rings. The molecule has 1 heterocycles. The van der Waals surface area contributed by atoms with Crippen LogP contribution < -0.4 is 20.1 Å². The molecule has 0 radical (unpaired) electrons. The van der Waals surface area contributed by atoms with Gasteiger partial charge in [0.15, 0.2) is 11.5 Å². The molecule has 50 heavy (non-hydrogen) atoms. The predicted molar refractivity (Wildman–Crippen MR) is 194 cm³/mol. The molecular formula is C40H38N2O7S. The Bertz CT molecular complexity index is 2120. The predicted octanol–water partition coefficient (Wildman–Crippen LogP) is 7.26. The zero-order valence-corrected chi connectivity index (χ0v) is 28.8.